The molecule has 0 atom stereocenters. The Bertz CT molecular complexity index is 1250. The molecule has 188 valence electrons. The quantitative estimate of drug-likeness (QED) is 0.509. The van der Waals surface area contributed by atoms with Crippen LogP contribution >= 0.6 is 0 Å². The van der Waals surface area contributed by atoms with Gasteiger partial charge in [0.2, 0.25) is 0 Å². The Balaban J connectivity index is 2.12. The number of halogens is 3. The smallest absolute Gasteiger partial charge is 0.465 e. The highest BCUT2D eigenvalue weighted by Crippen LogP contribution is 2.35. The Morgan fingerprint density at radius 1 is 1.14 bits per heavy atom. The monoisotopic (exact) mass is 495 g/mol. The molecule has 9 nitrogen and oxygen atoms in total. The van der Waals surface area contributed by atoms with Crippen molar-refractivity contribution in [1.29, 1.82) is 0 Å². The normalized spacial score (nSPS) is 12.0. The Morgan fingerprint density at radius 3 is 2.29 bits per heavy atom. The number of hydrogen-bond acceptors (Lipinski definition) is 6. The first-order valence-corrected chi connectivity index (χ1v) is 10.4. The number of fused-ring (bicyclic) bond motifs is 1. The fraction of sp³-hybridized carbons (Fsp3) is 0.348. The van der Waals surface area contributed by atoms with Gasteiger partial charge >= 0.3 is 18.5 Å². The third-order valence-electron chi connectivity index (χ3n) is 4.91. The summed E-state index contributed by atoms with van der Waals surface area (Å²) in [6, 6.07) is 6.62. The van der Waals surface area contributed by atoms with Crippen LogP contribution in [0.5, 0.6) is 5.75 Å². The van der Waals surface area contributed by atoms with E-state index in [0.29, 0.717) is 38.2 Å². The zero-order valence-corrected chi connectivity index (χ0v) is 19.4. The van der Waals surface area contributed by atoms with Crippen molar-refractivity contribution in [2.24, 2.45) is 7.05 Å². The molecule has 3 rings (SSSR count). The molecule has 2 N–H and O–H groups in total. The van der Waals surface area contributed by atoms with Gasteiger partial charge in [-0.2, -0.15) is 0 Å². The maximum Gasteiger partial charge on any atom is 0.573 e. The highest BCUT2D eigenvalue weighted by Gasteiger charge is 2.31. The van der Waals surface area contributed by atoms with Crippen LogP contribution in [0, 0.1) is 0 Å². The van der Waals surface area contributed by atoms with Gasteiger partial charge < -0.3 is 24.3 Å². The summed E-state index contributed by atoms with van der Waals surface area (Å²) < 4.78 is 48.3. The number of hydrogen-bond donors (Lipinski definition) is 2. The summed E-state index contributed by atoms with van der Waals surface area (Å²) in [4.78, 5) is 29.2. The zero-order chi connectivity index (χ0) is 26.1. The molecule has 0 bridgehead atoms. The molecule has 1 aromatic heterocycles. The topological polar surface area (TPSA) is 114 Å². The predicted molar refractivity (Wildman–Crippen MR) is 119 cm³/mol. The molecule has 0 saturated carbocycles. The van der Waals surface area contributed by atoms with Crippen molar-refractivity contribution in [3.05, 3.63) is 47.8 Å². The van der Waals surface area contributed by atoms with Crippen molar-refractivity contribution >= 4 is 23.2 Å². The van der Waals surface area contributed by atoms with E-state index in [0.717, 1.165) is 12.1 Å². The van der Waals surface area contributed by atoms with Gasteiger partial charge in [0, 0.05) is 18.2 Å². The molecule has 1 heterocycles. The fourth-order valence-corrected chi connectivity index (χ4v) is 3.54. The zero-order valence-electron chi connectivity index (χ0n) is 19.4. The van der Waals surface area contributed by atoms with Crippen LogP contribution in [0.2, 0.25) is 0 Å². The Morgan fingerprint density at radius 2 is 1.77 bits per heavy atom. The molecule has 0 fully saturated rings. The van der Waals surface area contributed by atoms with E-state index in [9.17, 15) is 33.0 Å². The van der Waals surface area contributed by atoms with E-state index in [1.807, 2.05) is 0 Å². The molecule has 0 spiro atoms. The summed E-state index contributed by atoms with van der Waals surface area (Å²) >= 11 is 0. The third kappa shape index (κ3) is 6.01. The minimum absolute atomic E-state index is 0.294. The predicted octanol–water partition coefficient (Wildman–Crippen LogP) is 5.05. The fourth-order valence-electron chi connectivity index (χ4n) is 3.54. The molecule has 0 aliphatic heterocycles. The lowest BCUT2D eigenvalue weighted by molar-refractivity contribution is -0.274. The molecule has 2 amide bonds. The highest BCUT2D eigenvalue weighted by molar-refractivity contribution is 5.95. The van der Waals surface area contributed by atoms with Crippen LogP contribution < -0.4 is 4.74 Å². The van der Waals surface area contributed by atoms with E-state index in [-0.39, 0.29) is 0 Å². The number of alkyl halides is 3. The van der Waals surface area contributed by atoms with Crippen LogP contribution in [0.25, 0.3) is 22.2 Å². The average Bonchev–Trinajstić information content (AvgIpc) is 3.11. The van der Waals surface area contributed by atoms with Gasteiger partial charge in [-0.25, -0.2) is 19.5 Å². The first-order valence-electron chi connectivity index (χ1n) is 10.4. The number of aliphatic hydroxyl groups excluding tert-OH is 1. The molecule has 35 heavy (non-hydrogen) atoms. The molecule has 0 aliphatic carbocycles. The van der Waals surface area contributed by atoms with E-state index < -0.39 is 43.1 Å². The van der Waals surface area contributed by atoms with Crippen LogP contribution in [0.3, 0.4) is 0 Å². The number of imidazole rings is 1. The molecular formula is C23H24F3N3O6. The number of carbonyl (C=O) groups excluding carboxylic acids is 1. The first kappa shape index (κ1) is 25.8. The van der Waals surface area contributed by atoms with Gasteiger partial charge in [-0.05, 0) is 50.1 Å². The van der Waals surface area contributed by atoms with E-state index in [2.05, 4.69) is 9.72 Å². The molecular weight excluding hydrogens is 471 g/mol. The van der Waals surface area contributed by atoms with Gasteiger partial charge in [0.25, 0.3) is 0 Å². The van der Waals surface area contributed by atoms with Crippen molar-refractivity contribution in [3.63, 3.8) is 0 Å². The number of ether oxygens (including phenoxy) is 2. The van der Waals surface area contributed by atoms with Gasteiger partial charge in [0.15, 0.2) is 0 Å². The van der Waals surface area contributed by atoms with Crippen molar-refractivity contribution < 1.29 is 42.4 Å². The maximum absolute atomic E-state index is 12.5. The molecule has 0 unspecified atom stereocenters. The summed E-state index contributed by atoms with van der Waals surface area (Å²) in [7, 11) is 1.67. The summed E-state index contributed by atoms with van der Waals surface area (Å²) in [6.45, 7) is 3.86. The Kier molecular flexibility index (Phi) is 6.97. The second-order valence-electron chi connectivity index (χ2n) is 8.69. The summed E-state index contributed by atoms with van der Waals surface area (Å²) in [5.74, 6) is -0.410. The standard InChI is InChI=1S/C23H24F3N3O6/c1-22(2,3)35-21(33)29(20(31)32)10-14-9-16(18-19(17(14)11-30)28(4)12-27-18)13-5-7-15(8-6-13)34-23(24,25)26/h5-9,12,30H,10-11H2,1-4H3,(H,31,32). The van der Waals surface area contributed by atoms with E-state index in [1.54, 1.807) is 38.5 Å². The third-order valence-corrected chi connectivity index (χ3v) is 4.91. The molecule has 0 saturated heterocycles. The minimum Gasteiger partial charge on any atom is -0.465 e. The van der Waals surface area contributed by atoms with Gasteiger partial charge in [0.1, 0.15) is 11.4 Å². The van der Waals surface area contributed by atoms with Gasteiger partial charge in [-0.1, -0.05) is 12.1 Å². The number of rotatable bonds is 5. The lowest BCUT2D eigenvalue weighted by Crippen LogP contribution is -2.39. The molecule has 3 aromatic rings. The second kappa shape index (κ2) is 9.45. The number of carboxylic acid groups (broad SMARTS) is 1. The summed E-state index contributed by atoms with van der Waals surface area (Å²) in [5.41, 5.74) is 1.53. The lowest BCUT2D eigenvalue weighted by Gasteiger charge is -2.25. The van der Waals surface area contributed by atoms with Crippen molar-refractivity contribution in [2.75, 3.05) is 0 Å². The van der Waals surface area contributed by atoms with Gasteiger partial charge in [0.05, 0.1) is 30.5 Å². The van der Waals surface area contributed by atoms with Crippen LogP contribution in [-0.2, 0) is 24.9 Å². The van der Waals surface area contributed by atoms with E-state index in [4.69, 9.17) is 4.74 Å². The number of aryl methyl sites for hydroxylation is 1. The first-order chi connectivity index (χ1) is 16.2. The lowest BCUT2D eigenvalue weighted by atomic mass is 9.96. The van der Waals surface area contributed by atoms with Crippen LogP contribution in [0.15, 0.2) is 36.7 Å². The number of carbonyl (C=O) groups is 2. The average molecular weight is 495 g/mol. The van der Waals surface area contributed by atoms with Crippen molar-refractivity contribution in [1.82, 2.24) is 14.5 Å². The van der Waals surface area contributed by atoms with Crippen LogP contribution in [0.4, 0.5) is 22.8 Å². The number of nitrogens with zero attached hydrogens (tertiary/aromatic N) is 3. The molecule has 2 aromatic carbocycles. The SMILES string of the molecule is Cn1cnc2c(-c3ccc(OC(F)(F)F)cc3)cc(CN(C(=O)O)C(=O)OC(C)(C)C)c(CO)c21. The van der Waals surface area contributed by atoms with E-state index >= 15 is 0 Å². The molecule has 0 radical (unpaired) electrons. The minimum atomic E-state index is -4.84. The van der Waals surface area contributed by atoms with Crippen LogP contribution in [0.1, 0.15) is 31.9 Å². The van der Waals surface area contributed by atoms with E-state index in [1.165, 1.54) is 18.5 Å². The number of aliphatic hydroxyl groups is 1. The van der Waals surface area contributed by atoms with Crippen LogP contribution in [-0.4, -0.2) is 48.8 Å². The highest BCUT2D eigenvalue weighted by atomic mass is 19.4. The molecule has 12 heteroatoms. The summed E-state index contributed by atoms with van der Waals surface area (Å²) in [6.07, 6.45) is -5.99. The van der Waals surface area contributed by atoms with Crippen molar-refractivity contribution in [2.45, 2.75) is 45.9 Å². The number of imide groups is 1. The summed E-state index contributed by atoms with van der Waals surface area (Å²) in [5, 5.41) is 19.7. The largest absolute Gasteiger partial charge is 0.573 e. The Hall–Kier alpha value is -3.80. The number of benzene rings is 2. The number of aromatic nitrogens is 2. The number of amides is 2. The molecule has 0 aliphatic rings. The maximum atomic E-state index is 12.5. The Labute approximate surface area is 198 Å². The second-order valence-corrected chi connectivity index (χ2v) is 8.69. The van der Waals surface area contributed by atoms with Gasteiger partial charge in [-0.3, -0.25) is 0 Å². The van der Waals surface area contributed by atoms with Crippen molar-refractivity contribution in [3.8, 4) is 16.9 Å². The van der Waals surface area contributed by atoms with Gasteiger partial charge in [-0.15, -0.1) is 13.2 Å².